The van der Waals surface area contributed by atoms with Gasteiger partial charge in [0.1, 0.15) is 0 Å². The molecule has 0 spiro atoms. The first-order valence-electron chi connectivity index (χ1n) is 5.69. The van der Waals surface area contributed by atoms with Gasteiger partial charge in [0, 0.05) is 11.6 Å². The van der Waals surface area contributed by atoms with E-state index in [2.05, 4.69) is 23.5 Å². The quantitative estimate of drug-likeness (QED) is 0.638. The van der Waals surface area contributed by atoms with Crippen LogP contribution in [0.3, 0.4) is 0 Å². The Labute approximate surface area is 107 Å². The molecule has 0 fully saturated rings. The second-order valence-corrected chi connectivity index (χ2v) is 4.63. The molecular weight excluding hydrogens is 232 g/mol. The van der Waals surface area contributed by atoms with Gasteiger partial charge in [0.05, 0.1) is 5.54 Å². The molecule has 1 aliphatic rings. The van der Waals surface area contributed by atoms with Crippen molar-refractivity contribution in [2.75, 3.05) is 18.7 Å². The zero-order chi connectivity index (χ0) is 12.3. The fourth-order valence-corrected chi connectivity index (χ4v) is 2.25. The van der Waals surface area contributed by atoms with Crippen LogP contribution in [0.15, 0.2) is 42.5 Å². The van der Waals surface area contributed by atoms with Crippen molar-refractivity contribution in [3.05, 3.63) is 48.1 Å². The fraction of sp³-hybridized carbons (Fsp3) is 0.286. The van der Waals surface area contributed by atoms with Crippen LogP contribution in [0.25, 0.3) is 5.57 Å². The van der Waals surface area contributed by atoms with Crippen LogP contribution in [-0.4, -0.2) is 18.5 Å². The number of nitrogens with one attached hydrogen (secondary N) is 1. The maximum absolute atomic E-state index is 5.99. The third-order valence-corrected chi connectivity index (χ3v) is 3.73. The average molecular weight is 249 g/mol. The van der Waals surface area contributed by atoms with Gasteiger partial charge in [-0.05, 0) is 36.7 Å². The normalized spacial score (nSPS) is 23.5. The molecule has 0 aliphatic heterocycles. The number of benzene rings is 1. The SMILES string of the molecule is CNC1(CCl)C=CC(c2ccc(N)cc2)=CC1. The van der Waals surface area contributed by atoms with Gasteiger partial charge in [0.15, 0.2) is 0 Å². The van der Waals surface area contributed by atoms with Crippen molar-refractivity contribution >= 4 is 22.9 Å². The molecule has 0 bridgehead atoms. The van der Waals surface area contributed by atoms with E-state index in [0.717, 1.165) is 12.1 Å². The molecule has 1 aromatic carbocycles. The first kappa shape index (κ1) is 12.2. The highest BCUT2D eigenvalue weighted by Gasteiger charge is 2.25. The predicted octanol–water partition coefficient (Wildman–Crippen LogP) is 2.81. The molecule has 0 aromatic heterocycles. The van der Waals surface area contributed by atoms with Crippen LogP contribution in [0, 0.1) is 0 Å². The minimum atomic E-state index is -0.0983. The number of alkyl halides is 1. The molecule has 2 rings (SSSR count). The van der Waals surface area contributed by atoms with E-state index < -0.39 is 0 Å². The van der Waals surface area contributed by atoms with E-state index in [9.17, 15) is 0 Å². The van der Waals surface area contributed by atoms with Gasteiger partial charge >= 0.3 is 0 Å². The van der Waals surface area contributed by atoms with E-state index in [1.807, 2.05) is 31.3 Å². The second kappa shape index (κ2) is 4.94. The minimum Gasteiger partial charge on any atom is -0.399 e. The number of nitrogens with two attached hydrogens (primary N) is 1. The van der Waals surface area contributed by atoms with Gasteiger partial charge in [-0.2, -0.15) is 0 Å². The smallest absolute Gasteiger partial charge is 0.0537 e. The second-order valence-electron chi connectivity index (χ2n) is 4.36. The van der Waals surface area contributed by atoms with E-state index in [4.69, 9.17) is 17.3 Å². The molecule has 3 N–H and O–H groups in total. The lowest BCUT2D eigenvalue weighted by molar-refractivity contribution is 0.488. The minimum absolute atomic E-state index is 0.0983. The number of hydrogen-bond acceptors (Lipinski definition) is 2. The van der Waals surface area contributed by atoms with Gasteiger partial charge in [0.25, 0.3) is 0 Å². The molecule has 0 saturated heterocycles. The lowest BCUT2D eigenvalue weighted by Gasteiger charge is -2.29. The monoisotopic (exact) mass is 248 g/mol. The summed E-state index contributed by atoms with van der Waals surface area (Å²) in [5.41, 5.74) is 8.78. The topological polar surface area (TPSA) is 38.0 Å². The maximum atomic E-state index is 5.99. The molecule has 3 heteroatoms. The van der Waals surface area contributed by atoms with E-state index in [1.165, 1.54) is 11.1 Å². The zero-order valence-corrected chi connectivity index (χ0v) is 10.7. The van der Waals surface area contributed by atoms with Crippen molar-refractivity contribution in [3.8, 4) is 0 Å². The fourth-order valence-electron chi connectivity index (χ4n) is 1.92. The lowest BCUT2D eigenvalue weighted by Crippen LogP contribution is -2.43. The van der Waals surface area contributed by atoms with Crippen LogP contribution in [0.4, 0.5) is 5.69 Å². The number of allylic oxidation sites excluding steroid dienone is 2. The van der Waals surface area contributed by atoms with E-state index in [0.29, 0.717) is 5.88 Å². The summed E-state index contributed by atoms with van der Waals surface area (Å²) in [7, 11) is 1.94. The Morgan fingerprint density at radius 1 is 1.35 bits per heavy atom. The molecule has 0 heterocycles. The number of anilines is 1. The van der Waals surface area contributed by atoms with Gasteiger partial charge in [-0.15, -0.1) is 11.6 Å². The molecule has 1 unspecified atom stereocenters. The largest absolute Gasteiger partial charge is 0.399 e. The van der Waals surface area contributed by atoms with Gasteiger partial charge in [0.2, 0.25) is 0 Å². The molecular formula is C14H17ClN2. The number of rotatable bonds is 3. The summed E-state index contributed by atoms with van der Waals surface area (Å²) in [6, 6.07) is 7.92. The highest BCUT2D eigenvalue weighted by molar-refractivity contribution is 6.19. The Balaban J connectivity index is 2.20. The molecule has 0 saturated carbocycles. The van der Waals surface area contributed by atoms with E-state index in [1.54, 1.807) is 0 Å². The van der Waals surface area contributed by atoms with Crippen LogP contribution < -0.4 is 11.1 Å². The maximum Gasteiger partial charge on any atom is 0.0537 e. The third kappa shape index (κ3) is 2.54. The van der Waals surface area contributed by atoms with Crippen LogP contribution in [0.5, 0.6) is 0 Å². The van der Waals surface area contributed by atoms with E-state index >= 15 is 0 Å². The molecule has 0 amide bonds. The van der Waals surface area contributed by atoms with Crippen LogP contribution in [0.1, 0.15) is 12.0 Å². The third-order valence-electron chi connectivity index (χ3n) is 3.25. The van der Waals surface area contributed by atoms with Crippen molar-refractivity contribution < 1.29 is 0 Å². The Kier molecular flexibility index (Phi) is 3.55. The summed E-state index contributed by atoms with van der Waals surface area (Å²) < 4.78 is 0. The van der Waals surface area contributed by atoms with Gasteiger partial charge in [-0.25, -0.2) is 0 Å². The zero-order valence-electron chi connectivity index (χ0n) is 9.91. The molecule has 2 nitrogen and oxygen atoms in total. The highest BCUT2D eigenvalue weighted by Crippen LogP contribution is 2.27. The Bertz CT molecular complexity index is 442. The Morgan fingerprint density at radius 3 is 2.53 bits per heavy atom. The van der Waals surface area contributed by atoms with Crippen LogP contribution in [0.2, 0.25) is 0 Å². The lowest BCUT2D eigenvalue weighted by atomic mass is 9.88. The van der Waals surface area contributed by atoms with Crippen molar-refractivity contribution in [2.24, 2.45) is 0 Å². The highest BCUT2D eigenvalue weighted by atomic mass is 35.5. The van der Waals surface area contributed by atoms with Crippen molar-refractivity contribution in [1.29, 1.82) is 0 Å². The Hall–Kier alpha value is -1.25. The summed E-state index contributed by atoms with van der Waals surface area (Å²) in [6.45, 7) is 0. The van der Waals surface area contributed by atoms with Gasteiger partial charge in [-0.1, -0.05) is 30.4 Å². The van der Waals surface area contributed by atoms with Crippen molar-refractivity contribution in [1.82, 2.24) is 5.32 Å². The summed E-state index contributed by atoms with van der Waals surface area (Å²) in [6.07, 6.45) is 7.38. The number of hydrogen-bond donors (Lipinski definition) is 2. The summed E-state index contributed by atoms with van der Waals surface area (Å²) in [4.78, 5) is 0. The molecule has 1 aromatic rings. The van der Waals surface area contributed by atoms with Crippen molar-refractivity contribution in [2.45, 2.75) is 12.0 Å². The number of nitrogen functional groups attached to an aromatic ring is 1. The standard InChI is InChI=1S/C14H17ClN2/c1-17-14(10-15)8-6-12(7-9-14)11-2-4-13(16)5-3-11/h2-8,17H,9-10,16H2,1H3. The van der Waals surface area contributed by atoms with Crippen molar-refractivity contribution in [3.63, 3.8) is 0 Å². The van der Waals surface area contributed by atoms with Crippen LogP contribution in [-0.2, 0) is 0 Å². The summed E-state index contributed by atoms with van der Waals surface area (Å²) in [5.74, 6) is 0.575. The van der Waals surface area contributed by atoms with Crippen LogP contribution >= 0.6 is 11.6 Å². The molecule has 1 atom stereocenters. The van der Waals surface area contributed by atoms with Gasteiger partial charge < -0.3 is 11.1 Å². The summed E-state index contributed by atoms with van der Waals surface area (Å²) >= 11 is 5.99. The molecule has 17 heavy (non-hydrogen) atoms. The van der Waals surface area contributed by atoms with Gasteiger partial charge in [-0.3, -0.25) is 0 Å². The molecule has 0 radical (unpaired) electrons. The number of likely N-dealkylation sites (N-methyl/N-ethyl adjacent to an activating group) is 1. The summed E-state index contributed by atoms with van der Waals surface area (Å²) in [5, 5.41) is 3.26. The molecule has 90 valence electrons. The molecule has 1 aliphatic carbocycles. The van der Waals surface area contributed by atoms with E-state index in [-0.39, 0.29) is 5.54 Å². The first-order chi connectivity index (χ1) is 8.19. The number of halogens is 1. The first-order valence-corrected chi connectivity index (χ1v) is 6.23. The predicted molar refractivity (Wildman–Crippen MR) is 75.1 cm³/mol. The Morgan fingerprint density at radius 2 is 2.06 bits per heavy atom. The average Bonchev–Trinajstić information content (AvgIpc) is 2.40.